The van der Waals surface area contributed by atoms with E-state index in [1.54, 1.807) is 51.6 Å². The van der Waals surface area contributed by atoms with Gasteiger partial charge in [-0.1, -0.05) is 30.7 Å². The van der Waals surface area contributed by atoms with Gasteiger partial charge in [0.1, 0.15) is 29.4 Å². The van der Waals surface area contributed by atoms with E-state index in [4.69, 9.17) is 20.8 Å². The maximum atomic E-state index is 14.5. The molecule has 3 unspecified atom stereocenters. The summed E-state index contributed by atoms with van der Waals surface area (Å²) in [6.45, 7) is 21.0. The van der Waals surface area contributed by atoms with E-state index in [2.05, 4.69) is 37.2 Å². The van der Waals surface area contributed by atoms with Gasteiger partial charge in [-0.05, 0) is 62.5 Å². The maximum absolute atomic E-state index is 14.5. The minimum Gasteiger partial charge on any atom is -0.395 e. The average Bonchev–Trinajstić information content (AvgIpc) is 3.23. The van der Waals surface area contributed by atoms with Crippen LogP contribution in [-0.4, -0.2) is 144 Å². The highest BCUT2D eigenvalue weighted by atomic mass is 33.1. The van der Waals surface area contributed by atoms with Crippen molar-refractivity contribution < 1.29 is 53.8 Å². The molecule has 1 aliphatic rings. The molecule has 0 aliphatic carbocycles. The smallest absolute Gasteiger partial charge is 0.231 e. The first-order valence-corrected chi connectivity index (χ1v) is 22.9. The van der Waals surface area contributed by atoms with Gasteiger partial charge in [0.2, 0.25) is 29.2 Å². The zero-order chi connectivity index (χ0) is 46.8. The van der Waals surface area contributed by atoms with Crippen molar-refractivity contribution in [3.8, 4) is 6.07 Å². The predicted molar refractivity (Wildman–Crippen MR) is 234 cm³/mol. The van der Waals surface area contributed by atoms with E-state index in [-0.39, 0.29) is 71.1 Å². The molecule has 0 saturated carbocycles. The van der Waals surface area contributed by atoms with Crippen molar-refractivity contribution >= 4 is 45.2 Å². The van der Waals surface area contributed by atoms with E-state index in [0.717, 1.165) is 5.03 Å². The fraction of sp³-hybridized carbons (Fsp3) is 0.738. The predicted octanol–water partition coefficient (Wildman–Crippen LogP) is 1.97. The number of pyridine rings is 1. The minimum absolute atomic E-state index is 0.00209. The monoisotopic (exact) mass is 909 g/mol. The Morgan fingerprint density at radius 3 is 2.21 bits per heavy atom. The average molecular weight is 910 g/mol. The number of hydrogen-bond donors (Lipinski definition) is 8. The number of nitrogens with one attached hydrogen (secondary N) is 4. The first kappa shape index (κ1) is 54.6. The largest absolute Gasteiger partial charge is 0.395 e. The maximum Gasteiger partial charge on any atom is 0.231 e. The second-order valence-electron chi connectivity index (χ2n) is 17.3. The molecular weight excluding hydrogens is 843 g/mol. The lowest BCUT2D eigenvalue weighted by molar-refractivity contribution is -0.272. The first-order chi connectivity index (χ1) is 29.1. The number of aromatic nitrogens is 1. The van der Waals surface area contributed by atoms with Gasteiger partial charge in [0, 0.05) is 64.7 Å². The molecule has 20 heteroatoms. The highest BCUT2D eigenvalue weighted by Gasteiger charge is 2.59. The molecular formula is C42H67N7O11S2. The molecule has 1 aromatic heterocycles. The van der Waals surface area contributed by atoms with Crippen LogP contribution in [0.25, 0.3) is 4.85 Å². The van der Waals surface area contributed by atoms with Gasteiger partial charge >= 0.3 is 0 Å². The van der Waals surface area contributed by atoms with Gasteiger partial charge in [-0.25, -0.2) is 11.6 Å². The Bertz CT molecular complexity index is 1700. The van der Waals surface area contributed by atoms with E-state index in [1.807, 2.05) is 32.0 Å². The summed E-state index contributed by atoms with van der Waals surface area (Å²) in [7, 11) is 3.06. The zero-order valence-corrected chi connectivity index (χ0v) is 38.8. The summed E-state index contributed by atoms with van der Waals surface area (Å²) in [6.07, 6.45) is -3.37. The Morgan fingerprint density at radius 1 is 0.935 bits per heavy atom. The summed E-state index contributed by atoms with van der Waals surface area (Å²) in [5, 5.41) is 61.9. The number of carbonyl (C=O) groups excluding carboxylic acids is 4. The number of rotatable bonds is 27. The third-order valence-electron chi connectivity index (χ3n) is 11.8. The standard InChI is InChI=1S/C42H67N7O11S2/c1-28(52)49-32-34(55)33(54)29(24-51)60-35(32)59-22-21-58-20-17-48-37(57)42(8,38(2,3)25-41(7,39(4,5)27-43)36(56)47-16-19-50)26-40(6,44-9)14-13-30(53)45-18-23-61-62-31-12-10-11-15-46-31/h10-12,15,29,32-35,50-51,54-55H,13-14,16-26H2,1-8H3,(H,45,53)(H,47,56)(H,48,57)(H,49,52)/t29-,32-,33+,34-,35-,40?,41?,42?/m1/s1. The molecule has 18 nitrogen and oxygen atoms in total. The second kappa shape index (κ2) is 25.1. The lowest BCUT2D eigenvalue weighted by Crippen LogP contribution is -2.64. The summed E-state index contributed by atoms with van der Waals surface area (Å²) in [5.41, 5.74) is -6.21. The molecule has 0 radical (unpaired) electrons. The molecule has 0 bridgehead atoms. The summed E-state index contributed by atoms with van der Waals surface area (Å²) >= 11 is 0. The van der Waals surface area contributed by atoms with E-state index in [0.29, 0.717) is 12.3 Å². The van der Waals surface area contributed by atoms with Gasteiger partial charge in [-0.2, -0.15) is 5.26 Å². The van der Waals surface area contributed by atoms with Crippen molar-refractivity contribution in [1.82, 2.24) is 26.3 Å². The summed E-state index contributed by atoms with van der Waals surface area (Å²) in [6, 6.07) is 6.77. The molecule has 2 rings (SSSR count). The topological polar surface area (TPSA) is 266 Å². The number of carbonyl (C=O) groups is 4. The molecule has 0 spiro atoms. The molecule has 2 heterocycles. The molecule has 348 valence electrons. The fourth-order valence-electron chi connectivity index (χ4n) is 7.30. The van der Waals surface area contributed by atoms with Crippen LogP contribution in [0.4, 0.5) is 0 Å². The van der Waals surface area contributed by atoms with Crippen LogP contribution in [0.3, 0.4) is 0 Å². The van der Waals surface area contributed by atoms with Crippen molar-refractivity contribution in [2.75, 3.05) is 58.4 Å². The van der Waals surface area contributed by atoms with Gasteiger partial charge in [0.15, 0.2) is 6.29 Å². The Hall–Kier alpha value is -3.57. The number of amides is 4. The number of nitrogens with zero attached hydrogens (tertiary/aromatic N) is 3. The molecule has 8 N–H and O–H groups in total. The zero-order valence-electron chi connectivity index (χ0n) is 37.2. The van der Waals surface area contributed by atoms with Crippen molar-refractivity contribution in [2.45, 2.75) is 122 Å². The van der Waals surface area contributed by atoms with Crippen LogP contribution < -0.4 is 21.3 Å². The van der Waals surface area contributed by atoms with Crippen LogP contribution in [0.5, 0.6) is 0 Å². The van der Waals surface area contributed by atoms with Crippen LogP contribution in [0.2, 0.25) is 0 Å². The molecule has 62 heavy (non-hydrogen) atoms. The van der Waals surface area contributed by atoms with Gasteiger partial charge in [-0.15, -0.1) is 0 Å². The van der Waals surface area contributed by atoms with Crippen LogP contribution in [-0.2, 0) is 33.4 Å². The second-order valence-corrected chi connectivity index (χ2v) is 19.8. The van der Waals surface area contributed by atoms with E-state index >= 15 is 0 Å². The van der Waals surface area contributed by atoms with Crippen LogP contribution in [0.15, 0.2) is 29.4 Å². The number of aliphatic hydroxyl groups is 4. The molecule has 4 amide bonds. The van der Waals surface area contributed by atoms with Crippen molar-refractivity contribution in [3.63, 3.8) is 0 Å². The molecule has 1 saturated heterocycles. The number of ether oxygens (including phenoxy) is 3. The van der Waals surface area contributed by atoms with Gasteiger partial charge in [-0.3, -0.25) is 19.2 Å². The van der Waals surface area contributed by atoms with E-state index in [9.17, 15) is 44.9 Å². The van der Waals surface area contributed by atoms with Crippen LogP contribution in [0, 0.1) is 39.6 Å². The van der Waals surface area contributed by atoms with E-state index < -0.39 is 82.2 Å². The SMILES string of the molecule is [C-]#[N+]C(C)(CCC(=O)NCCSSc1ccccn1)CC(C)(C(=O)NCCOCCO[C@@H]1O[C@H](CO)[C@H](O)[C@H](O)[C@H]1NC(C)=O)C(C)(C)CC(C)(C(=O)NCCO)C(C)(C)C#N. The van der Waals surface area contributed by atoms with Crippen molar-refractivity contribution in [2.24, 2.45) is 21.7 Å². The number of aliphatic hydroxyl groups excluding tert-OH is 4. The molecule has 1 aromatic rings. The third-order valence-corrected chi connectivity index (χ3v) is 14.1. The molecule has 1 aliphatic heterocycles. The Morgan fingerprint density at radius 2 is 1.61 bits per heavy atom. The van der Waals surface area contributed by atoms with Gasteiger partial charge in [0.05, 0.1) is 55.3 Å². The van der Waals surface area contributed by atoms with Gasteiger partial charge in [0.25, 0.3) is 0 Å². The molecule has 8 atom stereocenters. The Kier molecular flexibility index (Phi) is 22.1. The first-order valence-electron chi connectivity index (χ1n) is 20.6. The quantitative estimate of drug-likeness (QED) is 0.0357. The minimum atomic E-state index is -1.47. The van der Waals surface area contributed by atoms with E-state index in [1.165, 1.54) is 17.7 Å². The van der Waals surface area contributed by atoms with Crippen LogP contribution >= 0.6 is 21.6 Å². The molecule has 1 fully saturated rings. The normalized spacial score (nSPS) is 22.1. The number of nitriles is 1. The third kappa shape index (κ3) is 15.3. The van der Waals surface area contributed by atoms with Crippen LogP contribution in [0.1, 0.15) is 81.1 Å². The highest BCUT2D eigenvalue weighted by Crippen LogP contribution is 2.56. The summed E-state index contributed by atoms with van der Waals surface area (Å²) < 4.78 is 17.0. The lowest BCUT2D eigenvalue weighted by atomic mass is 9.52. The Labute approximate surface area is 373 Å². The van der Waals surface area contributed by atoms with Crippen molar-refractivity contribution in [3.05, 3.63) is 35.8 Å². The summed E-state index contributed by atoms with van der Waals surface area (Å²) in [4.78, 5) is 61.3. The van der Waals surface area contributed by atoms with Crippen molar-refractivity contribution in [1.29, 1.82) is 5.26 Å². The summed E-state index contributed by atoms with van der Waals surface area (Å²) in [5.74, 6) is -1.000. The fourth-order valence-corrected chi connectivity index (χ4v) is 9.08. The Balaban J connectivity index is 2.21. The molecule has 0 aromatic carbocycles. The highest BCUT2D eigenvalue weighted by molar-refractivity contribution is 8.76. The number of hydrogen-bond acceptors (Lipinski definition) is 15. The van der Waals surface area contributed by atoms with Gasteiger partial charge < -0.3 is 60.7 Å². The lowest BCUT2D eigenvalue weighted by Gasteiger charge is -2.50.